The molecule has 0 aliphatic rings. The number of aromatic nitrogens is 1. The summed E-state index contributed by atoms with van der Waals surface area (Å²) in [5.41, 5.74) is 1.17. The monoisotopic (exact) mass is 295 g/mol. The minimum atomic E-state index is -0.517. The minimum Gasteiger partial charge on any atom is -0.305 e. The molecule has 2 aromatic heterocycles. The number of hydrogen-bond donors (Lipinski definition) is 0. The first kappa shape index (κ1) is 14.0. The highest BCUT2D eigenvalue weighted by Crippen LogP contribution is 2.25. The van der Waals surface area contributed by atoms with Crippen LogP contribution in [0.3, 0.4) is 0 Å². The lowest BCUT2D eigenvalue weighted by Gasteiger charge is -2.16. The Morgan fingerprint density at radius 1 is 1.37 bits per heavy atom. The summed E-state index contributed by atoms with van der Waals surface area (Å²) in [4.78, 5) is 24.4. The molecule has 2 rings (SSSR count). The lowest BCUT2D eigenvalue weighted by Crippen LogP contribution is -2.27. The van der Waals surface area contributed by atoms with Crippen LogP contribution in [0.4, 0.5) is 0 Å². The average Bonchev–Trinajstić information content (AvgIpc) is 2.83. The summed E-state index contributed by atoms with van der Waals surface area (Å²) >= 11 is 6.95. The maximum atomic E-state index is 12.4. The van der Waals surface area contributed by atoms with Gasteiger partial charge in [0.25, 0.3) is 5.56 Å². The van der Waals surface area contributed by atoms with Gasteiger partial charge in [-0.1, -0.05) is 12.1 Å². The van der Waals surface area contributed by atoms with E-state index in [1.54, 1.807) is 22.0 Å². The standard InChI is InChI=1S/C14H14ClNO2S/c1-9(2)16-11(12-4-3-7-19-12)6-5-10(14(16)18)8-13(15)17/h3-7,9H,8H2,1-2H3. The van der Waals surface area contributed by atoms with Crippen LogP contribution in [0.5, 0.6) is 0 Å². The normalized spacial score (nSPS) is 10.9. The summed E-state index contributed by atoms with van der Waals surface area (Å²) in [6.07, 6.45) is -0.0299. The third-order valence-corrected chi connectivity index (χ3v) is 3.84. The van der Waals surface area contributed by atoms with Crippen LogP contribution in [-0.2, 0) is 11.2 Å². The van der Waals surface area contributed by atoms with Crippen LogP contribution in [0.25, 0.3) is 10.6 Å². The molecule has 0 saturated heterocycles. The van der Waals surface area contributed by atoms with Crippen LogP contribution in [0.1, 0.15) is 25.5 Å². The molecule has 0 aromatic carbocycles. The van der Waals surface area contributed by atoms with Crippen molar-refractivity contribution in [3.05, 3.63) is 45.6 Å². The molecule has 100 valence electrons. The first-order valence-corrected chi connectivity index (χ1v) is 7.23. The van der Waals surface area contributed by atoms with E-state index in [0.29, 0.717) is 5.56 Å². The van der Waals surface area contributed by atoms with Gasteiger partial charge >= 0.3 is 0 Å². The van der Waals surface area contributed by atoms with E-state index in [4.69, 9.17) is 11.6 Å². The van der Waals surface area contributed by atoms with E-state index < -0.39 is 5.24 Å². The highest BCUT2D eigenvalue weighted by molar-refractivity contribution is 7.13. The highest BCUT2D eigenvalue weighted by atomic mass is 35.5. The van der Waals surface area contributed by atoms with Crippen molar-refractivity contribution in [2.45, 2.75) is 26.3 Å². The zero-order valence-electron chi connectivity index (χ0n) is 10.7. The molecule has 0 bridgehead atoms. The van der Waals surface area contributed by atoms with Crippen molar-refractivity contribution < 1.29 is 4.79 Å². The Kier molecular flexibility index (Phi) is 4.22. The molecule has 0 radical (unpaired) electrons. The summed E-state index contributed by atoms with van der Waals surface area (Å²) < 4.78 is 1.71. The van der Waals surface area contributed by atoms with Gasteiger partial charge in [-0.2, -0.15) is 0 Å². The van der Waals surface area contributed by atoms with Crippen LogP contribution in [0.15, 0.2) is 34.4 Å². The lowest BCUT2D eigenvalue weighted by molar-refractivity contribution is -0.111. The van der Waals surface area contributed by atoms with Crippen LogP contribution < -0.4 is 5.56 Å². The molecular formula is C14H14ClNO2S. The Morgan fingerprint density at radius 3 is 2.63 bits per heavy atom. The SMILES string of the molecule is CC(C)n1c(-c2cccs2)ccc(CC(=O)Cl)c1=O. The molecule has 19 heavy (non-hydrogen) atoms. The third kappa shape index (κ3) is 2.96. The molecule has 0 aliphatic carbocycles. The number of pyridine rings is 1. The van der Waals surface area contributed by atoms with Crippen LogP contribution >= 0.6 is 22.9 Å². The smallest absolute Gasteiger partial charge is 0.254 e. The molecule has 0 unspecified atom stereocenters. The van der Waals surface area contributed by atoms with Crippen molar-refractivity contribution in [3.8, 4) is 10.6 Å². The summed E-state index contributed by atoms with van der Waals surface area (Å²) in [7, 11) is 0. The van der Waals surface area contributed by atoms with Gasteiger partial charge in [0.15, 0.2) is 0 Å². The number of carbonyl (C=O) groups excluding carboxylic acids is 1. The van der Waals surface area contributed by atoms with E-state index in [-0.39, 0.29) is 18.0 Å². The van der Waals surface area contributed by atoms with Crippen LogP contribution in [0, 0.1) is 0 Å². The fourth-order valence-corrected chi connectivity index (χ4v) is 2.91. The Labute approximate surface area is 120 Å². The second-order valence-corrected chi connectivity index (χ2v) is 5.89. The molecule has 0 saturated carbocycles. The molecule has 5 heteroatoms. The Balaban J connectivity index is 2.61. The molecule has 0 atom stereocenters. The Morgan fingerprint density at radius 2 is 2.11 bits per heavy atom. The predicted molar refractivity (Wildman–Crippen MR) is 79.0 cm³/mol. The molecule has 0 spiro atoms. The molecule has 0 aliphatic heterocycles. The van der Waals surface area contributed by atoms with Gasteiger partial charge in [0.1, 0.15) is 0 Å². The Hall–Kier alpha value is -1.39. The van der Waals surface area contributed by atoms with E-state index >= 15 is 0 Å². The summed E-state index contributed by atoms with van der Waals surface area (Å²) in [6.45, 7) is 3.90. The van der Waals surface area contributed by atoms with Crippen molar-refractivity contribution in [3.63, 3.8) is 0 Å². The molecule has 0 fully saturated rings. The van der Waals surface area contributed by atoms with Gasteiger partial charge in [-0.15, -0.1) is 11.3 Å². The minimum absolute atomic E-state index is 0.0231. The molecule has 2 heterocycles. The van der Waals surface area contributed by atoms with Gasteiger partial charge in [0, 0.05) is 11.6 Å². The van der Waals surface area contributed by atoms with Gasteiger partial charge in [0.05, 0.1) is 17.0 Å². The second kappa shape index (κ2) is 5.72. The maximum absolute atomic E-state index is 12.4. The number of rotatable bonds is 4. The summed E-state index contributed by atoms with van der Waals surface area (Å²) in [5.74, 6) is 0. The second-order valence-electron chi connectivity index (χ2n) is 4.52. The summed E-state index contributed by atoms with van der Waals surface area (Å²) in [5, 5.41) is 1.46. The zero-order valence-corrected chi connectivity index (χ0v) is 12.3. The van der Waals surface area contributed by atoms with Gasteiger partial charge < -0.3 is 4.57 Å². The largest absolute Gasteiger partial charge is 0.305 e. The van der Waals surface area contributed by atoms with E-state index in [1.165, 1.54) is 0 Å². The molecular weight excluding hydrogens is 282 g/mol. The average molecular weight is 296 g/mol. The molecule has 2 aromatic rings. The van der Waals surface area contributed by atoms with Crippen LogP contribution in [0.2, 0.25) is 0 Å². The number of hydrogen-bond acceptors (Lipinski definition) is 3. The highest BCUT2D eigenvalue weighted by Gasteiger charge is 2.14. The quantitative estimate of drug-likeness (QED) is 0.810. The van der Waals surface area contributed by atoms with Crippen molar-refractivity contribution in [1.29, 1.82) is 0 Å². The predicted octanol–water partition coefficient (Wildman–Crippen LogP) is 3.47. The topological polar surface area (TPSA) is 39.1 Å². The molecule has 3 nitrogen and oxygen atoms in total. The first-order chi connectivity index (χ1) is 9.00. The molecule has 0 N–H and O–H groups in total. The van der Waals surface area contributed by atoms with E-state index in [1.807, 2.05) is 37.4 Å². The third-order valence-electron chi connectivity index (χ3n) is 2.81. The maximum Gasteiger partial charge on any atom is 0.254 e. The molecule has 0 amide bonds. The first-order valence-electron chi connectivity index (χ1n) is 5.97. The van der Waals surface area contributed by atoms with E-state index in [9.17, 15) is 9.59 Å². The fraction of sp³-hybridized carbons (Fsp3) is 0.286. The van der Waals surface area contributed by atoms with Gasteiger partial charge in [-0.25, -0.2) is 0 Å². The Bertz CT molecular complexity index is 644. The van der Waals surface area contributed by atoms with Crippen molar-refractivity contribution >= 4 is 28.2 Å². The van der Waals surface area contributed by atoms with Crippen molar-refractivity contribution in [2.75, 3.05) is 0 Å². The van der Waals surface area contributed by atoms with Gasteiger partial charge in [-0.3, -0.25) is 9.59 Å². The van der Waals surface area contributed by atoms with Crippen molar-refractivity contribution in [1.82, 2.24) is 4.57 Å². The van der Waals surface area contributed by atoms with E-state index in [0.717, 1.165) is 10.6 Å². The lowest BCUT2D eigenvalue weighted by atomic mass is 10.1. The zero-order chi connectivity index (χ0) is 14.0. The van der Waals surface area contributed by atoms with Gasteiger partial charge in [-0.05, 0) is 43.0 Å². The van der Waals surface area contributed by atoms with E-state index in [2.05, 4.69) is 0 Å². The van der Waals surface area contributed by atoms with Gasteiger partial charge in [0.2, 0.25) is 5.24 Å². The van der Waals surface area contributed by atoms with Crippen LogP contribution in [-0.4, -0.2) is 9.81 Å². The number of nitrogens with zero attached hydrogens (tertiary/aromatic N) is 1. The number of halogens is 1. The summed E-state index contributed by atoms with van der Waals surface area (Å²) in [6, 6.07) is 7.52. The fourth-order valence-electron chi connectivity index (χ4n) is 2.02. The number of thiophene rings is 1. The number of carbonyl (C=O) groups is 1. The van der Waals surface area contributed by atoms with Crippen molar-refractivity contribution in [2.24, 2.45) is 0 Å².